The minimum absolute atomic E-state index is 0.797. The van der Waals surface area contributed by atoms with Crippen molar-refractivity contribution in [3.8, 4) is 0 Å². The third kappa shape index (κ3) is 4.23. The second-order valence-corrected chi connectivity index (χ2v) is 6.04. The van der Waals surface area contributed by atoms with Gasteiger partial charge in [0.1, 0.15) is 0 Å². The summed E-state index contributed by atoms with van der Waals surface area (Å²) in [5.41, 5.74) is 0. The highest BCUT2D eigenvalue weighted by Gasteiger charge is 2.21. The van der Waals surface area contributed by atoms with Crippen LogP contribution in [0, 0.1) is 5.92 Å². The van der Waals surface area contributed by atoms with Gasteiger partial charge in [0, 0.05) is 12.6 Å². The summed E-state index contributed by atoms with van der Waals surface area (Å²) in [4.78, 5) is 5.08. The Hall–Kier alpha value is -0.120. The second-order valence-electron chi connectivity index (χ2n) is 6.04. The van der Waals surface area contributed by atoms with E-state index >= 15 is 0 Å². The van der Waals surface area contributed by atoms with Gasteiger partial charge in [0.25, 0.3) is 0 Å². The lowest BCUT2D eigenvalue weighted by Crippen LogP contribution is -2.45. The quantitative estimate of drug-likeness (QED) is 0.800. The van der Waals surface area contributed by atoms with Crippen molar-refractivity contribution in [3.63, 3.8) is 0 Å². The fraction of sp³-hybridized carbons (Fsp3) is 1.00. The second kappa shape index (κ2) is 6.72. The van der Waals surface area contributed by atoms with E-state index in [9.17, 15) is 0 Å². The topological polar surface area (TPSA) is 18.5 Å². The molecule has 100 valence electrons. The Bertz CT molecular complexity index is 214. The Balaban J connectivity index is 1.67. The van der Waals surface area contributed by atoms with Crippen LogP contribution in [0.5, 0.6) is 0 Å². The first-order valence-electron chi connectivity index (χ1n) is 7.35. The van der Waals surface area contributed by atoms with E-state index in [-0.39, 0.29) is 0 Å². The molecule has 0 spiro atoms. The highest BCUT2D eigenvalue weighted by atomic mass is 15.2. The third-order valence-electron chi connectivity index (χ3n) is 4.51. The molecule has 2 saturated heterocycles. The molecular weight excluding hydrogens is 210 g/mol. The molecule has 2 rings (SSSR count). The van der Waals surface area contributed by atoms with Crippen molar-refractivity contribution in [2.24, 2.45) is 5.92 Å². The molecule has 1 N–H and O–H groups in total. The maximum Gasteiger partial charge on any atom is 0.0220 e. The van der Waals surface area contributed by atoms with Crippen LogP contribution in [0.2, 0.25) is 0 Å². The molecule has 0 radical (unpaired) electrons. The summed E-state index contributed by atoms with van der Waals surface area (Å²) in [6.45, 7) is 6.32. The molecule has 17 heavy (non-hydrogen) atoms. The molecule has 0 bridgehead atoms. The molecule has 0 saturated carbocycles. The van der Waals surface area contributed by atoms with E-state index in [0.717, 1.165) is 12.0 Å². The predicted molar refractivity (Wildman–Crippen MR) is 73.4 cm³/mol. The number of nitrogens with one attached hydrogen (secondary N) is 1. The number of rotatable bonds is 4. The van der Waals surface area contributed by atoms with Gasteiger partial charge in [-0.2, -0.15) is 0 Å². The van der Waals surface area contributed by atoms with Gasteiger partial charge < -0.3 is 15.1 Å². The van der Waals surface area contributed by atoms with E-state index in [4.69, 9.17) is 0 Å². The highest BCUT2D eigenvalue weighted by Crippen LogP contribution is 2.17. The molecule has 2 unspecified atom stereocenters. The highest BCUT2D eigenvalue weighted by molar-refractivity contribution is 4.78. The van der Waals surface area contributed by atoms with Gasteiger partial charge in [-0.25, -0.2) is 0 Å². The molecule has 0 aliphatic carbocycles. The molecule has 3 nitrogen and oxygen atoms in total. The van der Waals surface area contributed by atoms with E-state index in [0.29, 0.717) is 0 Å². The van der Waals surface area contributed by atoms with Crippen LogP contribution in [-0.4, -0.2) is 62.7 Å². The van der Waals surface area contributed by atoms with Gasteiger partial charge in [0.15, 0.2) is 0 Å². The van der Waals surface area contributed by atoms with Gasteiger partial charge in [-0.1, -0.05) is 0 Å². The molecule has 2 atom stereocenters. The van der Waals surface area contributed by atoms with Gasteiger partial charge in [-0.05, 0) is 78.3 Å². The monoisotopic (exact) mass is 239 g/mol. The van der Waals surface area contributed by atoms with E-state index < -0.39 is 0 Å². The van der Waals surface area contributed by atoms with E-state index in [1.807, 2.05) is 0 Å². The number of nitrogens with zero attached hydrogens (tertiary/aromatic N) is 2. The fourth-order valence-electron chi connectivity index (χ4n) is 3.24. The zero-order valence-corrected chi connectivity index (χ0v) is 11.6. The Morgan fingerprint density at radius 1 is 1.29 bits per heavy atom. The van der Waals surface area contributed by atoms with Gasteiger partial charge in [0.2, 0.25) is 0 Å². The predicted octanol–water partition coefficient (Wildman–Crippen LogP) is 1.40. The van der Waals surface area contributed by atoms with Crippen LogP contribution < -0.4 is 5.32 Å². The van der Waals surface area contributed by atoms with Crippen molar-refractivity contribution in [1.29, 1.82) is 0 Å². The standard InChI is InChI=1S/C14H29N3/c1-16-9-4-6-14(12-16)17(2)10-7-13-5-3-8-15-11-13/h13-15H,3-12H2,1-2H3. The van der Waals surface area contributed by atoms with Crippen molar-refractivity contribution in [3.05, 3.63) is 0 Å². The molecule has 2 fully saturated rings. The number of likely N-dealkylation sites (tertiary alicyclic amines) is 1. The van der Waals surface area contributed by atoms with Crippen LogP contribution in [0.15, 0.2) is 0 Å². The van der Waals surface area contributed by atoms with Crippen LogP contribution in [-0.2, 0) is 0 Å². The van der Waals surface area contributed by atoms with E-state index in [2.05, 4.69) is 29.2 Å². The summed E-state index contributed by atoms with van der Waals surface area (Å²) in [5, 5.41) is 3.52. The molecule has 0 aromatic carbocycles. The molecular formula is C14H29N3. The first kappa shape index (κ1) is 13.3. The Morgan fingerprint density at radius 2 is 2.18 bits per heavy atom. The summed E-state index contributed by atoms with van der Waals surface area (Å²) in [7, 11) is 4.57. The van der Waals surface area contributed by atoms with Crippen LogP contribution in [0.3, 0.4) is 0 Å². The first-order valence-corrected chi connectivity index (χ1v) is 7.35. The summed E-state index contributed by atoms with van der Waals surface area (Å²) in [6, 6.07) is 0.797. The minimum atomic E-state index is 0.797. The van der Waals surface area contributed by atoms with Crippen molar-refractivity contribution < 1.29 is 0 Å². The average molecular weight is 239 g/mol. The average Bonchev–Trinajstić information content (AvgIpc) is 2.37. The maximum atomic E-state index is 3.52. The van der Waals surface area contributed by atoms with Gasteiger partial charge in [0.05, 0.1) is 0 Å². The summed E-state index contributed by atoms with van der Waals surface area (Å²) >= 11 is 0. The zero-order valence-electron chi connectivity index (χ0n) is 11.6. The first-order chi connectivity index (χ1) is 8.25. The number of piperidine rings is 2. The van der Waals surface area contributed by atoms with Crippen LogP contribution in [0.25, 0.3) is 0 Å². The lowest BCUT2D eigenvalue weighted by atomic mass is 9.95. The molecule has 0 aromatic rings. The Kier molecular flexibility index (Phi) is 5.26. The smallest absolute Gasteiger partial charge is 0.0220 e. The van der Waals surface area contributed by atoms with Gasteiger partial charge in [-0.15, -0.1) is 0 Å². The molecule has 2 aliphatic heterocycles. The van der Waals surface area contributed by atoms with E-state index in [1.54, 1.807) is 0 Å². The van der Waals surface area contributed by atoms with Crippen molar-refractivity contribution in [1.82, 2.24) is 15.1 Å². The Morgan fingerprint density at radius 3 is 2.88 bits per heavy atom. The molecule has 2 heterocycles. The summed E-state index contributed by atoms with van der Waals surface area (Å²) < 4.78 is 0. The van der Waals surface area contributed by atoms with Crippen LogP contribution in [0.4, 0.5) is 0 Å². The molecule has 0 aromatic heterocycles. The maximum absolute atomic E-state index is 3.52. The van der Waals surface area contributed by atoms with Gasteiger partial charge in [-0.3, -0.25) is 0 Å². The van der Waals surface area contributed by atoms with Crippen molar-refractivity contribution >= 4 is 0 Å². The molecule has 0 amide bonds. The molecule has 3 heteroatoms. The van der Waals surface area contributed by atoms with E-state index in [1.165, 1.54) is 64.8 Å². The number of hydrogen-bond donors (Lipinski definition) is 1. The Labute approximate surface area is 107 Å². The summed E-state index contributed by atoms with van der Waals surface area (Å²) in [5.74, 6) is 0.924. The normalized spacial score (nSPS) is 31.9. The van der Waals surface area contributed by atoms with Gasteiger partial charge >= 0.3 is 0 Å². The summed E-state index contributed by atoms with van der Waals surface area (Å²) in [6.07, 6.45) is 6.95. The lowest BCUT2D eigenvalue weighted by molar-refractivity contribution is 0.127. The van der Waals surface area contributed by atoms with Crippen molar-refractivity contribution in [2.45, 2.75) is 38.1 Å². The largest absolute Gasteiger partial charge is 0.316 e. The SMILES string of the molecule is CN1CCCC(N(C)CCC2CCCNC2)C1. The number of likely N-dealkylation sites (N-methyl/N-ethyl adjacent to an activating group) is 2. The molecule has 2 aliphatic rings. The minimum Gasteiger partial charge on any atom is -0.316 e. The van der Waals surface area contributed by atoms with Crippen LogP contribution in [0.1, 0.15) is 32.1 Å². The van der Waals surface area contributed by atoms with Crippen molar-refractivity contribution in [2.75, 3.05) is 46.8 Å². The zero-order chi connectivity index (χ0) is 12.1. The van der Waals surface area contributed by atoms with Crippen LogP contribution >= 0.6 is 0 Å². The lowest BCUT2D eigenvalue weighted by Gasteiger charge is -2.36. The third-order valence-corrected chi connectivity index (χ3v) is 4.51. The fourth-order valence-corrected chi connectivity index (χ4v) is 3.24. The number of hydrogen-bond acceptors (Lipinski definition) is 3.